The third kappa shape index (κ3) is 7.32. The Bertz CT molecular complexity index is 717. The molecule has 0 fully saturated rings. The second-order valence-corrected chi connectivity index (χ2v) is 6.76. The average Bonchev–Trinajstić information content (AvgIpc) is 2.97. The summed E-state index contributed by atoms with van der Waals surface area (Å²) in [6.45, 7) is 5.64. The molecule has 1 heterocycles. The van der Waals surface area contributed by atoms with Crippen molar-refractivity contribution in [1.82, 2.24) is 20.4 Å². The molecule has 1 aromatic carbocycles. The maximum atomic E-state index is 6.29. The number of nitrogens with one attached hydrogen (secondary N) is 2. The van der Waals surface area contributed by atoms with E-state index in [-0.39, 0.29) is 30.0 Å². The summed E-state index contributed by atoms with van der Waals surface area (Å²) >= 11 is 12.3. The van der Waals surface area contributed by atoms with Crippen molar-refractivity contribution in [2.75, 3.05) is 13.1 Å². The summed E-state index contributed by atoms with van der Waals surface area (Å²) in [6, 6.07) is 5.57. The topological polar surface area (TPSA) is 54.2 Å². The normalized spacial score (nSPS) is 12.4. The molecule has 0 aliphatic heterocycles. The van der Waals surface area contributed by atoms with E-state index in [0.29, 0.717) is 10.0 Å². The second kappa shape index (κ2) is 11.7. The molecular weight excluding hydrogens is 484 g/mol. The van der Waals surface area contributed by atoms with Gasteiger partial charge in [0.05, 0.1) is 12.2 Å². The largest absolute Gasteiger partial charge is 0.357 e. The predicted molar refractivity (Wildman–Crippen MR) is 121 cm³/mol. The average molecular weight is 510 g/mol. The molecule has 0 saturated heterocycles. The molecule has 2 rings (SSSR count). The number of aliphatic imine (C=N–C) groups is 1. The lowest BCUT2D eigenvalue weighted by Crippen LogP contribution is -2.38. The summed E-state index contributed by atoms with van der Waals surface area (Å²) in [7, 11) is 1.93. The molecule has 2 N–H and O–H groups in total. The minimum atomic E-state index is 0. The number of hydrogen-bond donors (Lipinski definition) is 2. The highest BCUT2D eigenvalue weighted by Crippen LogP contribution is 2.25. The third-order valence-corrected chi connectivity index (χ3v) is 4.34. The van der Waals surface area contributed by atoms with Crippen LogP contribution in [0, 0.1) is 0 Å². The Morgan fingerprint density at radius 1 is 1.35 bits per heavy atom. The van der Waals surface area contributed by atoms with Crippen molar-refractivity contribution in [2.45, 2.75) is 32.7 Å². The van der Waals surface area contributed by atoms with Gasteiger partial charge in [-0.1, -0.05) is 29.3 Å². The van der Waals surface area contributed by atoms with Gasteiger partial charge in [0.25, 0.3) is 0 Å². The Morgan fingerprint density at radius 3 is 2.73 bits per heavy atom. The Balaban J connectivity index is 0.00000338. The van der Waals surface area contributed by atoms with Crippen LogP contribution in [0.4, 0.5) is 0 Å². The number of rotatable bonds is 7. The molecule has 0 spiro atoms. The van der Waals surface area contributed by atoms with Crippen molar-refractivity contribution in [2.24, 2.45) is 12.0 Å². The second-order valence-electron chi connectivity index (χ2n) is 5.92. The van der Waals surface area contributed by atoms with E-state index in [1.165, 1.54) is 5.56 Å². The van der Waals surface area contributed by atoms with Crippen LogP contribution in [0.15, 0.2) is 35.6 Å². The molecule has 8 heteroatoms. The minimum absolute atomic E-state index is 0. The molecule has 0 aliphatic carbocycles. The first-order valence-corrected chi connectivity index (χ1v) is 9.22. The van der Waals surface area contributed by atoms with Gasteiger partial charge in [0.2, 0.25) is 0 Å². The van der Waals surface area contributed by atoms with E-state index in [1.54, 1.807) is 6.07 Å². The van der Waals surface area contributed by atoms with E-state index in [4.69, 9.17) is 23.2 Å². The molecule has 1 atom stereocenters. The van der Waals surface area contributed by atoms with E-state index in [2.05, 4.69) is 27.6 Å². The van der Waals surface area contributed by atoms with Crippen LogP contribution in [-0.2, 0) is 13.5 Å². The summed E-state index contributed by atoms with van der Waals surface area (Å²) in [5.41, 5.74) is 2.23. The molecule has 2 aromatic rings. The molecule has 0 bridgehead atoms. The molecular formula is C18H26Cl2IN5. The van der Waals surface area contributed by atoms with Crippen molar-refractivity contribution >= 4 is 53.1 Å². The van der Waals surface area contributed by atoms with Gasteiger partial charge in [-0.3, -0.25) is 9.67 Å². The fourth-order valence-corrected chi connectivity index (χ4v) is 3.10. The lowest BCUT2D eigenvalue weighted by Gasteiger charge is -2.19. The van der Waals surface area contributed by atoms with Gasteiger partial charge >= 0.3 is 0 Å². The van der Waals surface area contributed by atoms with Crippen LogP contribution < -0.4 is 10.6 Å². The number of benzene rings is 1. The lowest BCUT2D eigenvalue weighted by molar-refractivity contribution is 0.683. The van der Waals surface area contributed by atoms with Crippen molar-refractivity contribution < 1.29 is 0 Å². The van der Waals surface area contributed by atoms with Crippen LogP contribution in [0.2, 0.25) is 10.0 Å². The zero-order valence-corrected chi connectivity index (χ0v) is 19.1. The van der Waals surface area contributed by atoms with Crippen LogP contribution in [0.1, 0.15) is 37.4 Å². The SMILES string of the molecule is CCNC(=NCCCc1cnn(C)c1)NC(C)c1ccc(Cl)cc1Cl.I. The summed E-state index contributed by atoms with van der Waals surface area (Å²) < 4.78 is 1.82. The first-order chi connectivity index (χ1) is 12.0. The summed E-state index contributed by atoms with van der Waals surface area (Å²) in [5, 5.41) is 12.1. The number of guanidine groups is 1. The van der Waals surface area contributed by atoms with Gasteiger partial charge in [0.15, 0.2) is 5.96 Å². The van der Waals surface area contributed by atoms with Crippen LogP contribution in [0.3, 0.4) is 0 Å². The van der Waals surface area contributed by atoms with Crippen molar-refractivity contribution in [3.05, 3.63) is 51.8 Å². The summed E-state index contributed by atoms with van der Waals surface area (Å²) in [6.07, 6.45) is 5.88. The first-order valence-electron chi connectivity index (χ1n) is 8.47. The maximum Gasteiger partial charge on any atom is 0.191 e. The molecule has 0 radical (unpaired) electrons. The first kappa shape index (κ1) is 23.0. The fourth-order valence-electron chi connectivity index (χ4n) is 2.53. The molecule has 144 valence electrons. The Labute approximate surface area is 182 Å². The van der Waals surface area contributed by atoms with Crippen LogP contribution in [0.25, 0.3) is 0 Å². The minimum Gasteiger partial charge on any atom is -0.357 e. The molecule has 0 saturated carbocycles. The standard InChI is InChI=1S/C18H25Cl2N5.HI/c1-4-21-18(22-9-5-6-14-11-23-25(3)12-14)24-13(2)16-8-7-15(19)10-17(16)20;/h7-8,10-13H,4-6,9H2,1-3H3,(H2,21,22,24);1H. The van der Waals surface area contributed by atoms with Crippen LogP contribution in [-0.4, -0.2) is 28.8 Å². The van der Waals surface area contributed by atoms with E-state index >= 15 is 0 Å². The summed E-state index contributed by atoms with van der Waals surface area (Å²) in [5.74, 6) is 0.784. The number of nitrogens with zero attached hydrogens (tertiary/aromatic N) is 3. The molecule has 1 aromatic heterocycles. The van der Waals surface area contributed by atoms with E-state index in [1.807, 2.05) is 43.2 Å². The van der Waals surface area contributed by atoms with Gasteiger partial charge in [-0.2, -0.15) is 5.10 Å². The number of aromatic nitrogens is 2. The van der Waals surface area contributed by atoms with E-state index < -0.39 is 0 Å². The predicted octanol–water partition coefficient (Wildman–Crippen LogP) is 4.59. The number of hydrogen-bond acceptors (Lipinski definition) is 2. The highest BCUT2D eigenvalue weighted by atomic mass is 127. The van der Waals surface area contributed by atoms with Gasteiger partial charge in [-0.05, 0) is 49.9 Å². The van der Waals surface area contributed by atoms with E-state index in [9.17, 15) is 0 Å². The van der Waals surface area contributed by atoms with Gasteiger partial charge < -0.3 is 10.6 Å². The number of aryl methyl sites for hydroxylation is 2. The lowest BCUT2D eigenvalue weighted by atomic mass is 10.1. The van der Waals surface area contributed by atoms with Crippen molar-refractivity contribution in [3.63, 3.8) is 0 Å². The Morgan fingerprint density at radius 2 is 2.12 bits per heavy atom. The fraction of sp³-hybridized carbons (Fsp3) is 0.444. The van der Waals surface area contributed by atoms with Crippen LogP contribution in [0.5, 0.6) is 0 Å². The smallest absolute Gasteiger partial charge is 0.191 e. The number of halogens is 3. The molecule has 26 heavy (non-hydrogen) atoms. The van der Waals surface area contributed by atoms with Crippen LogP contribution >= 0.6 is 47.2 Å². The zero-order chi connectivity index (χ0) is 18.2. The molecule has 0 aliphatic rings. The molecule has 0 amide bonds. The van der Waals surface area contributed by atoms with Gasteiger partial charge in [0, 0.05) is 36.4 Å². The van der Waals surface area contributed by atoms with Gasteiger partial charge in [-0.25, -0.2) is 0 Å². The maximum absolute atomic E-state index is 6.29. The van der Waals surface area contributed by atoms with Crippen molar-refractivity contribution in [1.29, 1.82) is 0 Å². The Kier molecular flexibility index (Phi) is 10.3. The van der Waals surface area contributed by atoms with Gasteiger partial charge in [-0.15, -0.1) is 24.0 Å². The highest BCUT2D eigenvalue weighted by Gasteiger charge is 2.11. The summed E-state index contributed by atoms with van der Waals surface area (Å²) in [4.78, 5) is 4.65. The van der Waals surface area contributed by atoms with E-state index in [0.717, 1.165) is 37.5 Å². The third-order valence-electron chi connectivity index (χ3n) is 3.78. The molecule has 5 nitrogen and oxygen atoms in total. The zero-order valence-electron chi connectivity index (χ0n) is 15.3. The molecule has 1 unspecified atom stereocenters. The Hall–Kier alpha value is -0.990. The highest BCUT2D eigenvalue weighted by molar-refractivity contribution is 14.0. The monoisotopic (exact) mass is 509 g/mol. The van der Waals surface area contributed by atoms with Gasteiger partial charge in [0.1, 0.15) is 0 Å². The van der Waals surface area contributed by atoms with Crippen molar-refractivity contribution in [3.8, 4) is 0 Å². The quantitative estimate of drug-likeness (QED) is 0.248.